The molecular formula is C100H126O31. The van der Waals surface area contributed by atoms with Crippen molar-refractivity contribution in [2.75, 3.05) is 26.4 Å². The number of cyclic esters (lactones) is 5. The molecule has 0 radical (unpaired) electrons. The van der Waals surface area contributed by atoms with Gasteiger partial charge in [0, 0.05) is 72.3 Å². The molecule has 10 rings (SSSR count). The number of aliphatic hydroxyl groups is 4. The molecule has 0 aromatic heterocycles. The van der Waals surface area contributed by atoms with E-state index in [9.17, 15) is 81.5 Å². The van der Waals surface area contributed by atoms with Crippen molar-refractivity contribution in [3.05, 3.63) is 177 Å². The van der Waals surface area contributed by atoms with E-state index < -0.39 is 142 Å². The molecule has 31 nitrogen and oxygen atoms in total. The van der Waals surface area contributed by atoms with E-state index in [0.29, 0.717) is 61.5 Å². The van der Waals surface area contributed by atoms with Gasteiger partial charge in [-0.1, -0.05) is 69.4 Å². The normalized spacial score (nSPS) is 28.6. The first-order chi connectivity index (χ1) is 61.9. The zero-order valence-electron chi connectivity index (χ0n) is 77.3. The molecular weight excluding hydrogens is 1700 g/mol. The Bertz CT molecular complexity index is 4790. The van der Waals surface area contributed by atoms with Crippen LogP contribution in [0.2, 0.25) is 0 Å². The summed E-state index contributed by atoms with van der Waals surface area (Å²) in [6.45, 7) is 23.1. The summed E-state index contributed by atoms with van der Waals surface area (Å²) >= 11 is 0. The minimum atomic E-state index is -1.07. The van der Waals surface area contributed by atoms with Crippen molar-refractivity contribution in [1.82, 2.24) is 0 Å². The summed E-state index contributed by atoms with van der Waals surface area (Å²) in [6.07, 6.45) is 36.4. The zero-order chi connectivity index (χ0) is 97.3. The highest BCUT2D eigenvalue weighted by molar-refractivity contribution is 6.04. The third kappa shape index (κ3) is 31.5. The molecule has 10 aliphatic rings. The molecule has 0 aromatic rings. The molecule has 5 fully saturated rings. The van der Waals surface area contributed by atoms with E-state index in [1.165, 1.54) is 76.6 Å². The molecule has 5 aliphatic heterocycles. The maximum atomic E-state index is 12.6. The molecule has 0 amide bonds. The van der Waals surface area contributed by atoms with Crippen molar-refractivity contribution >= 4 is 101 Å². The SMILES string of the molecule is CC(=O)O[C@@H]1C=CC(=O)C2(CC(=O)O[C@@H]2/C=C(\C)CC/C=C(/C=O)CO)C1.CC(=O)O[C@@H]1C=CC(=O)C2(CC(=O)O[C@@H]2/C=C(\C)CC/C=C(\C)C=O)C1.CC(=O)O[C@@H]1C=CC(=O)C2(CC(=O)O[C@@H]2/C=C(\C)CC/C=C(\C)CO)C1.CC(=O)O[C@@H]1C=CC(=O)C2(CC(=O)O[C@@H]2/C=C(\C)CCC=C(C)C)C1.CC(=O)O[C@@H]1C=CC(=O)C2(CC(=O)O[C@@H]2/C=C(\C)CCC=C(CO)CO)C1. The van der Waals surface area contributed by atoms with Crippen molar-refractivity contribution in [1.29, 1.82) is 0 Å². The summed E-state index contributed by atoms with van der Waals surface area (Å²) < 4.78 is 53.2. The number of ether oxygens (including phenoxy) is 10. The lowest BCUT2D eigenvalue weighted by Gasteiger charge is -2.34. The summed E-state index contributed by atoms with van der Waals surface area (Å²) in [4.78, 5) is 200. The molecule has 0 bridgehead atoms. The van der Waals surface area contributed by atoms with E-state index in [4.69, 9.17) is 67.8 Å². The first-order valence-electron chi connectivity index (χ1n) is 43.9. The molecule has 31 heteroatoms. The maximum absolute atomic E-state index is 12.6. The smallest absolute Gasteiger partial charge is 0.307 e. The Kier molecular flexibility index (Phi) is 41.8. The van der Waals surface area contributed by atoms with Crippen LogP contribution in [0, 0.1) is 27.1 Å². The number of aldehydes is 2. The van der Waals surface area contributed by atoms with Gasteiger partial charge in [-0.3, -0.25) is 81.5 Å². The molecule has 5 aliphatic carbocycles. The van der Waals surface area contributed by atoms with Crippen molar-refractivity contribution < 1.29 is 149 Å². The van der Waals surface area contributed by atoms with Gasteiger partial charge in [0.25, 0.3) is 0 Å². The van der Waals surface area contributed by atoms with Gasteiger partial charge in [-0.05, 0) is 229 Å². The van der Waals surface area contributed by atoms with Crippen LogP contribution in [0.5, 0.6) is 0 Å². The standard InChI is InChI=1S/C20H26O7.C20H24O7.C20H26O6.C20H24O6.C20H26O5/c2*1-13(4-3-5-15(11-21)12-22)8-18-20(10-19(25)27-18)9-16(26-14(2)23)6-7-17(20)24;2*1-13(5-4-6-14(2)12-21)9-18-20(11-19(24)26-18)10-16(25-15(3)22)7-8-17(20)23;1-13(2)6-5-7-14(3)10-18-20(12-19(23)25-18)11-16(24-15(4)21)8-9-17(20)22/h5-8,16,18,21-22H,3-4,9-12H2,1-2H3;5-8,11,16,18,22H,3-4,9-10,12H2,1-2H3;6-9,16,18,21H,4-5,10-12H2,1-3H3;6-9,12,16,18H,4-5,10-11H2,1-3H3;6,8-10,16,18H,5,7,11-12H2,1-4H3/b13-8+;13-8+,15-5-;2*13-9+,14-6+;14-10+/t5*16-,18-,20?/m11111/s1. The molecule has 15 atom stereocenters. The Morgan fingerprint density at radius 3 is 0.763 bits per heavy atom. The van der Waals surface area contributed by atoms with Crippen LogP contribution in [0.1, 0.15) is 225 Å². The lowest BCUT2D eigenvalue weighted by atomic mass is 9.69. The van der Waals surface area contributed by atoms with Gasteiger partial charge in [0.05, 0.1) is 85.6 Å². The predicted octanol–water partition coefficient (Wildman–Crippen LogP) is 11.5. The first kappa shape index (κ1) is 108. The molecule has 0 saturated carbocycles. The van der Waals surface area contributed by atoms with E-state index in [-0.39, 0.29) is 126 Å². The minimum Gasteiger partial charge on any atom is -0.458 e. The second-order valence-electron chi connectivity index (χ2n) is 35.1. The maximum Gasteiger partial charge on any atom is 0.307 e. The fraction of sp³-hybridized carbons (Fsp3) is 0.530. The van der Waals surface area contributed by atoms with Gasteiger partial charge >= 0.3 is 59.7 Å². The second kappa shape index (κ2) is 50.7. The van der Waals surface area contributed by atoms with Gasteiger partial charge < -0.3 is 67.8 Å². The Hall–Kier alpha value is -11.7. The average molecular weight is 1820 g/mol. The molecule has 5 spiro atoms. The number of hydrogen-bond donors (Lipinski definition) is 4. The van der Waals surface area contributed by atoms with E-state index in [1.54, 1.807) is 61.6 Å². The van der Waals surface area contributed by atoms with Crippen LogP contribution in [-0.2, 0) is 129 Å². The summed E-state index contributed by atoms with van der Waals surface area (Å²) in [5.41, 5.74) is 3.40. The van der Waals surface area contributed by atoms with Crippen LogP contribution in [0.4, 0.5) is 0 Å². The molecule has 0 aromatic carbocycles. The monoisotopic (exact) mass is 1820 g/mol. The van der Waals surface area contributed by atoms with E-state index in [2.05, 4.69) is 19.9 Å². The van der Waals surface area contributed by atoms with Crippen LogP contribution < -0.4 is 0 Å². The lowest BCUT2D eigenvalue weighted by molar-refractivity contribution is -0.149. The van der Waals surface area contributed by atoms with Crippen LogP contribution in [0.25, 0.3) is 0 Å². The Balaban J connectivity index is 0.000000252. The van der Waals surface area contributed by atoms with E-state index >= 15 is 0 Å². The molecule has 5 heterocycles. The predicted molar refractivity (Wildman–Crippen MR) is 475 cm³/mol. The second-order valence-corrected chi connectivity index (χ2v) is 35.1. The van der Waals surface area contributed by atoms with Crippen LogP contribution >= 0.6 is 0 Å². The van der Waals surface area contributed by atoms with Crippen molar-refractivity contribution in [2.24, 2.45) is 27.1 Å². The quantitative estimate of drug-likeness (QED) is 0.0165. The number of aliphatic hydroxyl groups excluding tert-OH is 4. The number of carbonyl (C=O) groups excluding carboxylic acids is 17. The average Bonchev–Trinajstić information content (AvgIpc) is 1.53. The third-order valence-corrected chi connectivity index (χ3v) is 23.9. The number of allylic oxidation sites excluding steroid dienone is 17. The molecule has 131 heavy (non-hydrogen) atoms. The summed E-state index contributed by atoms with van der Waals surface area (Å²) in [6, 6.07) is 0. The largest absolute Gasteiger partial charge is 0.458 e. The highest BCUT2D eigenvalue weighted by Crippen LogP contribution is 2.51. The van der Waals surface area contributed by atoms with Crippen molar-refractivity contribution in [2.45, 2.75) is 286 Å². The fourth-order valence-electron chi connectivity index (χ4n) is 17.0. The zero-order valence-corrected chi connectivity index (χ0v) is 77.3. The van der Waals surface area contributed by atoms with Gasteiger partial charge in [0.15, 0.2) is 28.9 Å². The van der Waals surface area contributed by atoms with Gasteiger partial charge in [0.2, 0.25) is 0 Å². The molecule has 712 valence electrons. The summed E-state index contributed by atoms with van der Waals surface area (Å²) in [7, 11) is 0. The number of carbonyl (C=O) groups is 17. The number of hydrogen-bond acceptors (Lipinski definition) is 31. The van der Waals surface area contributed by atoms with E-state index in [1.807, 2.05) is 65.8 Å². The first-order valence-corrected chi connectivity index (χ1v) is 43.9. The topological polar surface area (TPSA) is 463 Å². The summed E-state index contributed by atoms with van der Waals surface area (Å²) in [5, 5.41) is 36.1. The van der Waals surface area contributed by atoms with Crippen LogP contribution in [-0.4, -0.2) is 209 Å². The number of rotatable bonds is 31. The highest BCUT2D eigenvalue weighted by atomic mass is 16.6. The van der Waals surface area contributed by atoms with Gasteiger partial charge in [-0.15, -0.1) is 0 Å². The van der Waals surface area contributed by atoms with E-state index in [0.717, 1.165) is 65.4 Å². The van der Waals surface area contributed by atoms with Crippen LogP contribution in [0.15, 0.2) is 177 Å². The minimum absolute atomic E-state index is 0.00803. The third-order valence-electron chi connectivity index (χ3n) is 23.9. The Morgan fingerprint density at radius 1 is 0.313 bits per heavy atom. The molecule has 4 N–H and O–H groups in total. The molecule has 5 unspecified atom stereocenters. The van der Waals surface area contributed by atoms with Crippen molar-refractivity contribution in [3.8, 4) is 0 Å². The molecule has 5 saturated heterocycles. The lowest BCUT2D eigenvalue weighted by Crippen LogP contribution is -2.43. The van der Waals surface area contributed by atoms with Gasteiger partial charge in [-0.25, -0.2) is 0 Å². The number of ketones is 5. The summed E-state index contributed by atoms with van der Waals surface area (Å²) in [5.74, 6) is -5.22. The van der Waals surface area contributed by atoms with Crippen molar-refractivity contribution in [3.63, 3.8) is 0 Å². The number of esters is 10. The van der Waals surface area contributed by atoms with Gasteiger partial charge in [-0.2, -0.15) is 0 Å². The fourth-order valence-corrected chi connectivity index (χ4v) is 17.0. The Morgan fingerprint density at radius 2 is 0.550 bits per heavy atom. The van der Waals surface area contributed by atoms with Crippen LogP contribution in [0.3, 0.4) is 0 Å². The van der Waals surface area contributed by atoms with Gasteiger partial charge in [0.1, 0.15) is 73.6 Å². The Labute approximate surface area is 764 Å². The highest BCUT2D eigenvalue weighted by Gasteiger charge is 2.60.